The summed E-state index contributed by atoms with van der Waals surface area (Å²) in [6.07, 6.45) is 0.104. The second kappa shape index (κ2) is 7.51. The normalized spacial score (nSPS) is 10.2. The van der Waals surface area contributed by atoms with Crippen molar-refractivity contribution in [3.05, 3.63) is 51.5 Å². The molecule has 116 valence electrons. The van der Waals surface area contributed by atoms with Gasteiger partial charge in [0.1, 0.15) is 5.75 Å². The van der Waals surface area contributed by atoms with Crippen LogP contribution in [-0.4, -0.2) is 20.2 Å². The largest absolute Gasteiger partial charge is 0.493 e. The summed E-state index contributed by atoms with van der Waals surface area (Å²) in [6.45, 7) is 0. The van der Waals surface area contributed by atoms with Crippen molar-refractivity contribution in [2.24, 2.45) is 0 Å². The summed E-state index contributed by atoms with van der Waals surface area (Å²) in [6, 6.07) is 10.3. The van der Waals surface area contributed by atoms with E-state index in [0.717, 1.165) is 10.0 Å². The maximum Gasteiger partial charge on any atom is 0.315 e. The molecule has 0 saturated heterocycles. The molecule has 0 N–H and O–H groups in total. The minimum absolute atomic E-state index is 0.104. The van der Waals surface area contributed by atoms with Crippen LogP contribution in [0, 0.1) is 0 Å². The molecule has 0 heterocycles. The molecule has 0 aliphatic carbocycles. The SMILES string of the molecule is COc1ccc(CC(=O)Oc2ccc(Br)cc2Cl)cc1OC. The van der Waals surface area contributed by atoms with Crippen molar-refractivity contribution < 1.29 is 19.0 Å². The molecule has 0 fully saturated rings. The lowest BCUT2D eigenvalue weighted by molar-refractivity contribution is -0.133. The van der Waals surface area contributed by atoms with Crippen LogP contribution in [0.2, 0.25) is 5.02 Å². The lowest BCUT2D eigenvalue weighted by Crippen LogP contribution is -2.11. The number of hydrogen-bond acceptors (Lipinski definition) is 4. The minimum Gasteiger partial charge on any atom is -0.493 e. The highest BCUT2D eigenvalue weighted by molar-refractivity contribution is 9.10. The molecule has 2 aromatic rings. The van der Waals surface area contributed by atoms with Crippen LogP contribution in [-0.2, 0) is 11.2 Å². The Morgan fingerprint density at radius 2 is 1.73 bits per heavy atom. The lowest BCUT2D eigenvalue weighted by Gasteiger charge is -2.10. The van der Waals surface area contributed by atoms with Gasteiger partial charge < -0.3 is 14.2 Å². The van der Waals surface area contributed by atoms with Gasteiger partial charge in [0.25, 0.3) is 0 Å². The van der Waals surface area contributed by atoms with Gasteiger partial charge in [0.15, 0.2) is 11.5 Å². The number of ether oxygens (including phenoxy) is 3. The first-order chi connectivity index (χ1) is 10.5. The standard InChI is InChI=1S/C16H14BrClO4/c1-20-14-5-3-10(7-15(14)21-2)8-16(19)22-13-6-4-11(17)9-12(13)18/h3-7,9H,8H2,1-2H3. The van der Waals surface area contributed by atoms with E-state index in [2.05, 4.69) is 15.9 Å². The quantitative estimate of drug-likeness (QED) is 0.569. The molecule has 2 rings (SSSR count). The number of carbonyl (C=O) groups is 1. The van der Waals surface area contributed by atoms with Gasteiger partial charge in [-0.1, -0.05) is 33.6 Å². The summed E-state index contributed by atoms with van der Waals surface area (Å²) in [7, 11) is 3.10. The summed E-state index contributed by atoms with van der Waals surface area (Å²) < 4.78 is 16.4. The van der Waals surface area contributed by atoms with E-state index in [1.165, 1.54) is 0 Å². The Bertz CT molecular complexity index is 688. The zero-order valence-electron chi connectivity index (χ0n) is 12.1. The number of esters is 1. The number of carbonyl (C=O) groups excluding carboxylic acids is 1. The number of rotatable bonds is 5. The average molecular weight is 386 g/mol. The maximum absolute atomic E-state index is 12.0. The number of benzene rings is 2. The van der Waals surface area contributed by atoms with Crippen LogP contribution in [0.3, 0.4) is 0 Å². The van der Waals surface area contributed by atoms with E-state index in [0.29, 0.717) is 22.3 Å². The van der Waals surface area contributed by atoms with Crippen LogP contribution < -0.4 is 14.2 Å². The van der Waals surface area contributed by atoms with Crippen molar-refractivity contribution in [2.45, 2.75) is 6.42 Å². The third kappa shape index (κ3) is 4.15. The molecule has 0 amide bonds. The first-order valence-electron chi connectivity index (χ1n) is 6.40. The van der Waals surface area contributed by atoms with E-state index >= 15 is 0 Å². The Hall–Kier alpha value is -1.72. The Morgan fingerprint density at radius 3 is 2.36 bits per heavy atom. The lowest BCUT2D eigenvalue weighted by atomic mass is 10.1. The molecule has 0 unspecified atom stereocenters. The van der Waals surface area contributed by atoms with Gasteiger partial charge in [0.2, 0.25) is 0 Å². The molecule has 22 heavy (non-hydrogen) atoms. The molecule has 0 bridgehead atoms. The molecule has 0 aliphatic rings. The van der Waals surface area contributed by atoms with Crippen LogP contribution in [0.25, 0.3) is 0 Å². The van der Waals surface area contributed by atoms with E-state index in [9.17, 15) is 4.79 Å². The highest BCUT2D eigenvalue weighted by Gasteiger charge is 2.12. The van der Waals surface area contributed by atoms with Crippen molar-refractivity contribution in [3.8, 4) is 17.2 Å². The van der Waals surface area contributed by atoms with E-state index in [1.807, 2.05) is 0 Å². The third-order valence-corrected chi connectivity index (χ3v) is 3.70. The molecule has 0 atom stereocenters. The number of halogens is 2. The molecular formula is C16H14BrClO4. The van der Waals surface area contributed by atoms with Gasteiger partial charge >= 0.3 is 5.97 Å². The second-order valence-corrected chi connectivity index (χ2v) is 5.74. The van der Waals surface area contributed by atoms with E-state index in [4.69, 9.17) is 25.8 Å². The monoisotopic (exact) mass is 384 g/mol. The minimum atomic E-state index is -0.406. The van der Waals surface area contributed by atoms with Crippen LogP contribution >= 0.6 is 27.5 Å². The zero-order chi connectivity index (χ0) is 16.1. The molecule has 0 spiro atoms. The van der Waals surface area contributed by atoms with Gasteiger partial charge in [-0.2, -0.15) is 0 Å². The summed E-state index contributed by atoms with van der Waals surface area (Å²) in [5, 5.41) is 0.370. The fraction of sp³-hybridized carbons (Fsp3) is 0.188. The summed E-state index contributed by atoms with van der Waals surface area (Å²) in [5.41, 5.74) is 0.760. The molecule has 0 radical (unpaired) electrons. The fourth-order valence-corrected chi connectivity index (χ4v) is 2.59. The maximum atomic E-state index is 12.0. The van der Waals surface area contributed by atoms with E-state index in [-0.39, 0.29) is 6.42 Å². The van der Waals surface area contributed by atoms with Gasteiger partial charge in [-0.25, -0.2) is 0 Å². The van der Waals surface area contributed by atoms with E-state index in [1.54, 1.807) is 50.6 Å². The van der Waals surface area contributed by atoms with Crippen molar-refractivity contribution >= 4 is 33.5 Å². The summed E-state index contributed by atoms with van der Waals surface area (Å²) in [5.74, 6) is 1.09. The summed E-state index contributed by atoms with van der Waals surface area (Å²) >= 11 is 9.32. The first kappa shape index (κ1) is 16.6. The number of hydrogen-bond donors (Lipinski definition) is 0. The molecule has 0 aliphatic heterocycles. The van der Waals surface area contributed by atoms with Crippen LogP contribution in [0.15, 0.2) is 40.9 Å². The third-order valence-electron chi connectivity index (χ3n) is 2.91. The van der Waals surface area contributed by atoms with Gasteiger partial charge in [-0.15, -0.1) is 0 Å². The molecule has 0 aromatic heterocycles. The highest BCUT2D eigenvalue weighted by Crippen LogP contribution is 2.29. The predicted octanol–water partition coefficient (Wildman–Crippen LogP) is 4.27. The second-order valence-electron chi connectivity index (χ2n) is 4.41. The molecule has 4 nitrogen and oxygen atoms in total. The number of methoxy groups -OCH3 is 2. The van der Waals surface area contributed by atoms with Gasteiger partial charge in [0, 0.05) is 4.47 Å². The Balaban J connectivity index is 2.08. The van der Waals surface area contributed by atoms with Crippen molar-refractivity contribution in [3.63, 3.8) is 0 Å². The molecule has 2 aromatic carbocycles. The average Bonchev–Trinajstić information content (AvgIpc) is 2.50. The Kier molecular flexibility index (Phi) is 5.69. The van der Waals surface area contributed by atoms with E-state index < -0.39 is 5.97 Å². The first-order valence-corrected chi connectivity index (χ1v) is 7.57. The van der Waals surface area contributed by atoms with Crippen molar-refractivity contribution in [2.75, 3.05) is 14.2 Å². The van der Waals surface area contributed by atoms with Crippen molar-refractivity contribution in [1.82, 2.24) is 0 Å². The predicted molar refractivity (Wildman–Crippen MR) is 88.0 cm³/mol. The van der Waals surface area contributed by atoms with Crippen LogP contribution in [0.1, 0.15) is 5.56 Å². The summed E-state index contributed by atoms with van der Waals surface area (Å²) in [4.78, 5) is 12.0. The Morgan fingerprint density at radius 1 is 1.05 bits per heavy atom. The topological polar surface area (TPSA) is 44.8 Å². The molecule has 6 heteroatoms. The Labute approximate surface area is 142 Å². The fourth-order valence-electron chi connectivity index (χ4n) is 1.87. The van der Waals surface area contributed by atoms with Crippen LogP contribution in [0.5, 0.6) is 17.2 Å². The van der Waals surface area contributed by atoms with Crippen molar-refractivity contribution in [1.29, 1.82) is 0 Å². The highest BCUT2D eigenvalue weighted by atomic mass is 79.9. The van der Waals surface area contributed by atoms with Gasteiger partial charge in [0.05, 0.1) is 25.7 Å². The smallest absolute Gasteiger partial charge is 0.315 e. The van der Waals surface area contributed by atoms with Gasteiger partial charge in [-0.05, 0) is 35.9 Å². The zero-order valence-corrected chi connectivity index (χ0v) is 14.4. The van der Waals surface area contributed by atoms with Crippen LogP contribution in [0.4, 0.5) is 0 Å². The molecule has 0 saturated carbocycles. The van der Waals surface area contributed by atoms with Gasteiger partial charge in [-0.3, -0.25) is 4.79 Å². The molecular weight excluding hydrogens is 372 g/mol.